The number of hydrogen-bond donors (Lipinski definition) is 1. The molecule has 0 radical (unpaired) electrons. The maximum Gasteiger partial charge on any atom is 0.228 e. The van der Waals surface area contributed by atoms with Crippen LogP contribution in [0.4, 0.5) is 0 Å². The maximum atomic E-state index is 12.2. The van der Waals surface area contributed by atoms with Gasteiger partial charge in [-0.1, -0.05) is 64.5 Å². The van der Waals surface area contributed by atoms with Gasteiger partial charge in [-0.05, 0) is 28.7 Å². The van der Waals surface area contributed by atoms with Crippen LogP contribution in [0.15, 0.2) is 48.5 Å². The Morgan fingerprint density at radius 2 is 1.80 bits per heavy atom. The van der Waals surface area contributed by atoms with E-state index in [9.17, 15) is 4.79 Å². The molecular weight excluding hydrogens is 314 g/mol. The van der Waals surface area contributed by atoms with Crippen molar-refractivity contribution in [2.45, 2.75) is 24.2 Å². The average molecular weight is 330 g/mol. The van der Waals surface area contributed by atoms with Gasteiger partial charge in [-0.3, -0.25) is 4.79 Å². The van der Waals surface area contributed by atoms with E-state index in [2.05, 4.69) is 51.6 Å². The predicted molar refractivity (Wildman–Crippen MR) is 83.8 cm³/mol. The summed E-state index contributed by atoms with van der Waals surface area (Å²) in [7, 11) is 0. The number of carbonyl (C=O) groups is 1. The van der Waals surface area contributed by atoms with Crippen molar-refractivity contribution < 1.29 is 4.79 Å². The Bertz CT molecular complexity index is 621. The van der Waals surface area contributed by atoms with Crippen LogP contribution in [-0.2, 0) is 23.1 Å². The molecule has 1 N–H and O–H groups in total. The van der Waals surface area contributed by atoms with Crippen molar-refractivity contribution in [2.75, 3.05) is 0 Å². The van der Waals surface area contributed by atoms with E-state index in [0.29, 0.717) is 6.54 Å². The number of fused-ring (bicyclic) bond motifs is 1. The van der Waals surface area contributed by atoms with Gasteiger partial charge in [0.15, 0.2) is 0 Å². The third-order valence-corrected chi connectivity index (χ3v) is 4.46. The third kappa shape index (κ3) is 2.63. The van der Waals surface area contributed by atoms with Crippen molar-refractivity contribution in [1.29, 1.82) is 0 Å². The van der Waals surface area contributed by atoms with Gasteiger partial charge < -0.3 is 5.32 Å². The van der Waals surface area contributed by atoms with E-state index in [1.165, 1.54) is 16.7 Å². The van der Waals surface area contributed by atoms with Crippen molar-refractivity contribution in [3.05, 3.63) is 70.8 Å². The number of nitrogens with one attached hydrogen (secondary N) is 1. The van der Waals surface area contributed by atoms with Gasteiger partial charge in [0.25, 0.3) is 0 Å². The lowest BCUT2D eigenvalue weighted by atomic mass is 9.77. The second kappa shape index (κ2) is 5.80. The van der Waals surface area contributed by atoms with Gasteiger partial charge in [0.2, 0.25) is 5.91 Å². The summed E-state index contributed by atoms with van der Waals surface area (Å²) in [4.78, 5) is 12.2. The number of halogens is 1. The van der Waals surface area contributed by atoms with E-state index >= 15 is 0 Å². The fraction of sp³-hybridized carbons (Fsp3) is 0.235. The zero-order valence-electron chi connectivity index (χ0n) is 11.1. The lowest BCUT2D eigenvalue weighted by Crippen LogP contribution is -2.35. The maximum absolute atomic E-state index is 12.2. The summed E-state index contributed by atoms with van der Waals surface area (Å²) in [5.74, 6) is 0.168. The number of carbonyl (C=O) groups excluding carboxylic acids is 1. The van der Waals surface area contributed by atoms with Crippen molar-refractivity contribution in [3.8, 4) is 0 Å². The second-order valence-corrected chi connectivity index (χ2v) is 5.68. The highest BCUT2D eigenvalue weighted by atomic mass is 79.9. The first kappa shape index (κ1) is 13.4. The van der Waals surface area contributed by atoms with Crippen molar-refractivity contribution in [3.63, 3.8) is 0 Å². The minimum absolute atomic E-state index is 0.0352. The van der Waals surface area contributed by atoms with Gasteiger partial charge in [0.05, 0.1) is 5.92 Å². The zero-order chi connectivity index (χ0) is 13.9. The molecule has 0 aromatic heterocycles. The van der Waals surface area contributed by atoms with E-state index < -0.39 is 0 Å². The van der Waals surface area contributed by atoms with Crippen LogP contribution in [0, 0.1) is 0 Å². The second-order valence-electron chi connectivity index (χ2n) is 5.12. The number of alkyl halides is 1. The summed E-state index contributed by atoms with van der Waals surface area (Å²) < 4.78 is 0. The fourth-order valence-electron chi connectivity index (χ4n) is 2.55. The number of amides is 1. The molecular formula is C17H16BrNO. The molecule has 0 aliphatic heterocycles. The quantitative estimate of drug-likeness (QED) is 0.854. The highest BCUT2D eigenvalue weighted by Crippen LogP contribution is 2.34. The van der Waals surface area contributed by atoms with Crippen LogP contribution < -0.4 is 5.32 Å². The Kier molecular flexibility index (Phi) is 3.88. The van der Waals surface area contributed by atoms with Gasteiger partial charge in [-0.25, -0.2) is 0 Å². The number of benzene rings is 2. The van der Waals surface area contributed by atoms with E-state index in [1.54, 1.807) is 0 Å². The lowest BCUT2D eigenvalue weighted by molar-refractivity contribution is -0.123. The standard InChI is InChI=1S/C17H16BrNO/c18-10-12-5-7-13(8-6-12)11-19-17(20)16-9-14-3-1-2-4-15(14)16/h1-8,16H,9-11H2,(H,19,20). The average Bonchev–Trinajstić information content (AvgIpc) is 2.47. The lowest BCUT2D eigenvalue weighted by Gasteiger charge is -2.28. The first-order valence-corrected chi connectivity index (χ1v) is 7.89. The van der Waals surface area contributed by atoms with Gasteiger partial charge in [-0.15, -0.1) is 0 Å². The first-order valence-electron chi connectivity index (χ1n) is 6.77. The molecule has 0 heterocycles. The zero-order valence-corrected chi connectivity index (χ0v) is 12.7. The van der Waals surface area contributed by atoms with Crippen molar-refractivity contribution in [2.24, 2.45) is 0 Å². The highest BCUT2D eigenvalue weighted by Gasteiger charge is 2.31. The topological polar surface area (TPSA) is 29.1 Å². The summed E-state index contributed by atoms with van der Waals surface area (Å²) in [6.07, 6.45) is 0.866. The van der Waals surface area contributed by atoms with E-state index in [-0.39, 0.29) is 11.8 Å². The number of hydrogen-bond acceptors (Lipinski definition) is 1. The molecule has 0 saturated heterocycles. The smallest absolute Gasteiger partial charge is 0.228 e. The van der Waals surface area contributed by atoms with Crippen LogP contribution >= 0.6 is 15.9 Å². The molecule has 102 valence electrons. The van der Waals surface area contributed by atoms with Crippen LogP contribution in [-0.4, -0.2) is 5.91 Å². The Labute approximate surface area is 127 Å². The molecule has 1 unspecified atom stereocenters. The van der Waals surface area contributed by atoms with Crippen molar-refractivity contribution in [1.82, 2.24) is 5.32 Å². The largest absolute Gasteiger partial charge is 0.351 e. The molecule has 0 spiro atoms. The molecule has 2 nitrogen and oxygen atoms in total. The van der Waals surface area contributed by atoms with E-state index in [1.807, 2.05) is 18.2 Å². The number of rotatable bonds is 4. The highest BCUT2D eigenvalue weighted by molar-refractivity contribution is 9.08. The fourth-order valence-corrected chi connectivity index (χ4v) is 2.93. The van der Waals surface area contributed by atoms with Crippen LogP contribution in [0.1, 0.15) is 28.2 Å². The minimum atomic E-state index is 0.0352. The Hall–Kier alpha value is -1.61. The van der Waals surface area contributed by atoms with Crippen LogP contribution in [0.5, 0.6) is 0 Å². The van der Waals surface area contributed by atoms with Crippen molar-refractivity contribution >= 4 is 21.8 Å². The Morgan fingerprint density at radius 1 is 1.10 bits per heavy atom. The molecule has 0 bridgehead atoms. The molecule has 1 aliphatic carbocycles. The third-order valence-electron chi connectivity index (χ3n) is 3.82. The summed E-state index contributed by atoms with van der Waals surface area (Å²) in [6.45, 7) is 0.597. The minimum Gasteiger partial charge on any atom is -0.351 e. The normalized spacial score (nSPS) is 16.1. The molecule has 0 fully saturated rings. The summed E-state index contributed by atoms with van der Waals surface area (Å²) in [5.41, 5.74) is 4.86. The Balaban J connectivity index is 1.58. The molecule has 1 atom stereocenters. The summed E-state index contributed by atoms with van der Waals surface area (Å²) >= 11 is 3.43. The molecule has 3 rings (SSSR count). The van der Waals surface area contributed by atoms with Gasteiger partial charge in [-0.2, -0.15) is 0 Å². The summed E-state index contributed by atoms with van der Waals surface area (Å²) in [6, 6.07) is 16.4. The molecule has 3 heteroatoms. The monoisotopic (exact) mass is 329 g/mol. The van der Waals surface area contributed by atoms with Crippen LogP contribution in [0.3, 0.4) is 0 Å². The van der Waals surface area contributed by atoms with Gasteiger partial charge >= 0.3 is 0 Å². The van der Waals surface area contributed by atoms with E-state index in [0.717, 1.165) is 17.3 Å². The van der Waals surface area contributed by atoms with Gasteiger partial charge in [0, 0.05) is 11.9 Å². The molecule has 20 heavy (non-hydrogen) atoms. The molecule has 1 aliphatic rings. The van der Waals surface area contributed by atoms with Crippen LogP contribution in [0.25, 0.3) is 0 Å². The first-order chi connectivity index (χ1) is 9.78. The molecule has 2 aromatic rings. The van der Waals surface area contributed by atoms with Crippen LogP contribution in [0.2, 0.25) is 0 Å². The van der Waals surface area contributed by atoms with E-state index in [4.69, 9.17) is 0 Å². The SMILES string of the molecule is O=C(NCc1ccc(CBr)cc1)C1Cc2ccccc21. The molecule has 2 aromatic carbocycles. The summed E-state index contributed by atoms with van der Waals surface area (Å²) in [5, 5.41) is 3.89. The Morgan fingerprint density at radius 3 is 2.50 bits per heavy atom. The predicted octanol–water partition coefficient (Wildman–Crippen LogP) is 3.54. The van der Waals surface area contributed by atoms with Gasteiger partial charge in [0.1, 0.15) is 0 Å². The molecule has 1 amide bonds. The molecule has 0 saturated carbocycles.